The zero-order valence-electron chi connectivity index (χ0n) is 17.1. The normalized spacial score (nSPS) is 11.1. The Balaban J connectivity index is 0.00000392. The molecule has 0 amide bonds. The van der Waals surface area contributed by atoms with Crippen LogP contribution in [0.3, 0.4) is 0 Å². The molecular weight excluding hydrogens is 471 g/mol. The number of aliphatic imine (C=N–C) groups is 1. The van der Waals surface area contributed by atoms with Gasteiger partial charge in [0, 0.05) is 37.7 Å². The second kappa shape index (κ2) is 13.4. The molecule has 2 aromatic rings. The van der Waals surface area contributed by atoms with Crippen molar-refractivity contribution in [1.29, 1.82) is 0 Å². The summed E-state index contributed by atoms with van der Waals surface area (Å²) < 4.78 is 16.5. The minimum atomic E-state index is 0. The van der Waals surface area contributed by atoms with Gasteiger partial charge in [-0.25, -0.2) is 0 Å². The molecule has 0 saturated heterocycles. The molecule has 28 heavy (non-hydrogen) atoms. The van der Waals surface area contributed by atoms with Crippen LogP contribution in [0.2, 0.25) is 0 Å². The van der Waals surface area contributed by atoms with E-state index in [4.69, 9.17) is 14.0 Å². The largest absolute Gasteiger partial charge is 0.496 e. The van der Waals surface area contributed by atoms with Gasteiger partial charge in [0.05, 0.1) is 26.0 Å². The number of aryl methyl sites for hydroxylation is 2. The molecule has 0 aliphatic carbocycles. The molecule has 0 aliphatic rings. The van der Waals surface area contributed by atoms with Crippen molar-refractivity contribution in [1.82, 2.24) is 15.8 Å². The molecule has 2 rings (SSSR count). The molecule has 0 unspecified atom stereocenters. The van der Waals surface area contributed by atoms with E-state index in [0.717, 1.165) is 47.1 Å². The van der Waals surface area contributed by atoms with Gasteiger partial charge in [-0.15, -0.1) is 24.0 Å². The van der Waals surface area contributed by atoms with Crippen molar-refractivity contribution in [3.05, 3.63) is 46.8 Å². The first-order valence-corrected chi connectivity index (χ1v) is 9.33. The van der Waals surface area contributed by atoms with Crippen LogP contribution in [0.5, 0.6) is 5.75 Å². The SMILES string of the molecule is CCc1noc(CC)c1CNC(=NC)NCCOCc1ccccc1OC.I. The minimum Gasteiger partial charge on any atom is -0.496 e. The lowest BCUT2D eigenvalue weighted by molar-refractivity contribution is 0.123. The van der Waals surface area contributed by atoms with Gasteiger partial charge in [-0.1, -0.05) is 37.2 Å². The Hall–Kier alpha value is -1.81. The Morgan fingerprint density at radius 2 is 1.96 bits per heavy atom. The van der Waals surface area contributed by atoms with Crippen molar-refractivity contribution in [3.63, 3.8) is 0 Å². The summed E-state index contributed by atoms with van der Waals surface area (Å²) in [5, 5.41) is 10.7. The van der Waals surface area contributed by atoms with Gasteiger partial charge >= 0.3 is 0 Å². The lowest BCUT2D eigenvalue weighted by Crippen LogP contribution is -2.38. The third-order valence-corrected chi connectivity index (χ3v) is 4.25. The predicted molar refractivity (Wildman–Crippen MR) is 122 cm³/mol. The topological polar surface area (TPSA) is 80.9 Å². The smallest absolute Gasteiger partial charge is 0.191 e. The van der Waals surface area contributed by atoms with Gasteiger partial charge in [-0.3, -0.25) is 4.99 Å². The van der Waals surface area contributed by atoms with Gasteiger partial charge in [-0.05, 0) is 12.5 Å². The summed E-state index contributed by atoms with van der Waals surface area (Å²) in [5.74, 6) is 2.49. The van der Waals surface area contributed by atoms with Crippen LogP contribution in [0.15, 0.2) is 33.8 Å². The van der Waals surface area contributed by atoms with Crippen molar-refractivity contribution in [2.45, 2.75) is 39.8 Å². The van der Waals surface area contributed by atoms with Gasteiger partial charge in [0.1, 0.15) is 11.5 Å². The van der Waals surface area contributed by atoms with Crippen molar-refractivity contribution >= 4 is 29.9 Å². The fourth-order valence-electron chi connectivity index (χ4n) is 2.78. The van der Waals surface area contributed by atoms with Crippen LogP contribution in [0.25, 0.3) is 0 Å². The van der Waals surface area contributed by atoms with Crippen LogP contribution in [0, 0.1) is 0 Å². The van der Waals surface area contributed by atoms with Crippen molar-refractivity contribution in [2.75, 3.05) is 27.3 Å². The van der Waals surface area contributed by atoms with Crippen LogP contribution < -0.4 is 15.4 Å². The van der Waals surface area contributed by atoms with Crippen molar-refractivity contribution in [3.8, 4) is 5.75 Å². The van der Waals surface area contributed by atoms with E-state index in [9.17, 15) is 0 Å². The van der Waals surface area contributed by atoms with E-state index >= 15 is 0 Å². The average Bonchev–Trinajstić information content (AvgIpc) is 3.12. The fourth-order valence-corrected chi connectivity index (χ4v) is 2.78. The number of guanidine groups is 1. The summed E-state index contributed by atoms with van der Waals surface area (Å²) in [6.07, 6.45) is 1.68. The second-order valence-corrected chi connectivity index (χ2v) is 5.96. The summed E-state index contributed by atoms with van der Waals surface area (Å²) >= 11 is 0. The highest BCUT2D eigenvalue weighted by molar-refractivity contribution is 14.0. The molecule has 0 bridgehead atoms. The number of benzene rings is 1. The van der Waals surface area contributed by atoms with Gasteiger partial charge < -0.3 is 24.6 Å². The zero-order valence-corrected chi connectivity index (χ0v) is 19.4. The van der Waals surface area contributed by atoms with E-state index in [1.807, 2.05) is 24.3 Å². The van der Waals surface area contributed by atoms with Crippen LogP contribution in [0.4, 0.5) is 0 Å². The summed E-state index contributed by atoms with van der Waals surface area (Å²) in [4.78, 5) is 4.25. The molecule has 1 aromatic carbocycles. The summed E-state index contributed by atoms with van der Waals surface area (Å²) in [7, 11) is 3.42. The number of nitrogens with zero attached hydrogens (tertiary/aromatic N) is 2. The molecule has 7 nitrogen and oxygen atoms in total. The third kappa shape index (κ3) is 6.97. The molecule has 0 radical (unpaired) electrons. The average molecular weight is 502 g/mol. The van der Waals surface area contributed by atoms with Crippen molar-refractivity contribution in [2.24, 2.45) is 4.99 Å². The van der Waals surface area contributed by atoms with E-state index in [-0.39, 0.29) is 24.0 Å². The Labute approximate surface area is 184 Å². The molecule has 0 fully saturated rings. The van der Waals surface area contributed by atoms with Gasteiger partial charge in [0.15, 0.2) is 5.96 Å². The number of aromatic nitrogens is 1. The first kappa shape index (κ1) is 24.2. The molecular formula is C20H31IN4O3. The Morgan fingerprint density at radius 1 is 1.18 bits per heavy atom. The Kier molecular flexibility index (Phi) is 11.6. The number of nitrogens with one attached hydrogen (secondary N) is 2. The van der Waals surface area contributed by atoms with E-state index in [1.54, 1.807) is 14.2 Å². The number of para-hydroxylation sites is 1. The molecule has 0 atom stereocenters. The number of rotatable bonds is 10. The van der Waals surface area contributed by atoms with E-state index < -0.39 is 0 Å². The predicted octanol–water partition coefficient (Wildman–Crippen LogP) is 3.31. The first-order valence-electron chi connectivity index (χ1n) is 9.33. The summed E-state index contributed by atoms with van der Waals surface area (Å²) in [5.41, 5.74) is 3.15. The van der Waals surface area contributed by atoms with Crippen LogP contribution in [-0.4, -0.2) is 38.4 Å². The molecule has 1 heterocycles. The van der Waals surface area contributed by atoms with Gasteiger partial charge in [-0.2, -0.15) is 0 Å². The molecule has 2 N–H and O–H groups in total. The number of ether oxygens (including phenoxy) is 2. The maximum atomic E-state index is 5.73. The molecule has 0 spiro atoms. The number of hydrogen-bond donors (Lipinski definition) is 2. The fraction of sp³-hybridized carbons (Fsp3) is 0.500. The van der Waals surface area contributed by atoms with Crippen LogP contribution >= 0.6 is 24.0 Å². The number of methoxy groups -OCH3 is 1. The maximum Gasteiger partial charge on any atom is 0.191 e. The maximum absolute atomic E-state index is 5.73. The first-order chi connectivity index (χ1) is 13.2. The van der Waals surface area contributed by atoms with Gasteiger partial charge in [0.2, 0.25) is 0 Å². The Morgan fingerprint density at radius 3 is 2.64 bits per heavy atom. The van der Waals surface area contributed by atoms with E-state index in [0.29, 0.717) is 26.3 Å². The van der Waals surface area contributed by atoms with E-state index in [1.165, 1.54) is 0 Å². The third-order valence-electron chi connectivity index (χ3n) is 4.25. The van der Waals surface area contributed by atoms with Gasteiger partial charge in [0.25, 0.3) is 0 Å². The quantitative estimate of drug-likeness (QED) is 0.225. The molecule has 156 valence electrons. The second-order valence-electron chi connectivity index (χ2n) is 5.96. The summed E-state index contributed by atoms with van der Waals surface area (Å²) in [6, 6.07) is 7.86. The highest BCUT2D eigenvalue weighted by Gasteiger charge is 2.13. The molecule has 0 aliphatic heterocycles. The van der Waals surface area contributed by atoms with E-state index in [2.05, 4.69) is 34.6 Å². The standard InChI is InChI=1S/C20H30N4O3.HI/c1-5-17-16(18(6-2)27-24-17)13-23-20(21-3)22-11-12-26-14-15-9-7-8-10-19(15)25-4;/h7-10H,5-6,11-14H2,1-4H3,(H2,21,22,23);1H. The Bertz CT molecular complexity index is 712. The molecule has 8 heteroatoms. The lowest BCUT2D eigenvalue weighted by atomic mass is 10.1. The number of hydrogen-bond acceptors (Lipinski definition) is 5. The van der Waals surface area contributed by atoms with Crippen LogP contribution in [0.1, 0.15) is 36.4 Å². The number of halogens is 1. The lowest BCUT2D eigenvalue weighted by Gasteiger charge is -2.13. The monoisotopic (exact) mass is 502 g/mol. The van der Waals surface area contributed by atoms with Crippen molar-refractivity contribution < 1.29 is 14.0 Å². The molecule has 0 saturated carbocycles. The highest BCUT2D eigenvalue weighted by Crippen LogP contribution is 2.18. The zero-order chi connectivity index (χ0) is 19.5. The summed E-state index contributed by atoms with van der Waals surface area (Å²) in [6.45, 7) is 6.50. The molecule has 1 aromatic heterocycles. The van der Waals surface area contributed by atoms with Crippen LogP contribution in [-0.2, 0) is 30.7 Å². The highest BCUT2D eigenvalue weighted by atomic mass is 127. The minimum absolute atomic E-state index is 0.